The molecule has 2 atom stereocenters. The van der Waals surface area contributed by atoms with Crippen molar-refractivity contribution >= 4 is 0 Å². The van der Waals surface area contributed by atoms with Crippen LogP contribution in [0, 0.1) is 11.3 Å². The van der Waals surface area contributed by atoms with Gasteiger partial charge in [-0.25, -0.2) is 0 Å². The minimum Gasteiger partial charge on any atom is -0.388 e. The van der Waals surface area contributed by atoms with Crippen LogP contribution in [0.15, 0.2) is 24.3 Å². The molecule has 0 aliphatic carbocycles. The number of nitrogens with zero attached hydrogens (tertiary/aromatic N) is 1. The average Bonchev–Trinajstić information content (AvgIpc) is 2.28. The van der Waals surface area contributed by atoms with Crippen molar-refractivity contribution in [1.82, 2.24) is 0 Å². The fourth-order valence-electron chi connectivity index (χ4n) is 1.41. The molecule has 3 N–H and O–H groups in total. The van der Waals surface area contributed by atoms with Gasteiger partial charge in [0.2, 0.25) is 0 Å². The van der Waals surface area contributed by atoms with Gasteiger partial charge in [0.05, 0.1) is 17.7 Å². The predicted molar refractivity (Wildman–Crippen MR) is 59.0 cm³/mol. The first-order chi connectivity index (χ1) is 7.17. The molecular weight excluding hydrogens is 188 g/mol. The molecule has 0 radical (unpaired) electrons. The van der Waals surface area contributed by atoms with E-state index in [0.717, 1.165) is 12.0 Å². The third-order valence-electron chi connectivity index (χ3n) is 2.45. The van der Waals surface area contributed by atoms with Crippen molar-refractivity contribution in [2.24, 2.45) is 5.73 Å². The normalized spacial score (nSPS) is 14.3. The van der Waals surface area contributed by atoms with Crippen LogP contribution in [-0.4, -0.2) is 11.1 Å². The summed E-state index contributed by atoms with van der Waals surface area (Å²) in [5.74, 6) is 0. The highest BCUT2D eigenvalue weighted by Crippen LogP contribution is 2.19. The van der Waals surface area contributed by atoms with Gasteiger partial charge in [0.1, 0.15) is 0 Å². The molecule has 0 spiro atoms. The number of aliphatic hydroxyl groups excluding tert-OH is 1. The molecule has 1 aromatic rings. The summed E-state index contributed by atoms with van der Waals surface area (Å²) in [5, 5.41) is 18.6. The molecule has 3 nitrogen and oxygen atoms in total. The fourth-order valence-corrected chi connectivity index (χ4v) is 1.41. The van der Waals surface area contributed by atoms with Crippen LogP contribution in [0.4, 0.5) is 0 Å². The SMILES string of the molecule is CCC(N)CC(O)c1cccc(C#N)c1. The van der Waals surface area contributed by atoms with Gasteiger partial charge >= 0.3 is 0 Å². The third kappa shape index (κ3) is 3.35. The first-order valence-electron chi connectivity index (χ1n) is 5.11. The van der Waals surface area contributed by atoms with Crippen LogP contribution in [-0.2, 0) is 0 Å². The highest BCUT2D eigenvalue weighted by atomic mass is 16.3. The van der Waals surface area contributed by atoms with Crippen LogP contribution in [0.5, 0.6) is 0 Å². The topological polar surface area (TPSA) is 70.0 Å². The molecule has 0 bridgehead atoms. The Balaban J connectivity index is 2.73. The number of benzene rings is 1. The Hall–Kier alpha value is -1.37. The lowest BCUT2D eigenvalue weighted by molar-refractivity contribution is 0.157. The van der Waals surface area contributed by atoms with Gasteiger partial charge in [-0.2, -0.15) is 5.26 Å². The molecule has 0 heterocycles. The molecule has 2 unspecified atom stereocenters. The molecule has 80 valence electrons. The van der Waals surface area contributed by atoms with Gasteiger partial charge in [-0.15, -0.1) is 0 Å². The van der Waals surface area contributed by atoms with Crippen molar-refractivity contribution < 1.29 is 5.11 Å². The first kappa shape index (κ1) is 11.7. The number of hydrogen-bond acceptors (Lipinski definition) is 3. The number of hydrogen-bond donors (Lipinski definition) is 2. The zero-order valence-corrected chi connectivity index (χ0v) is 8.85. The first-order valence-corrected chi connectivity index (χ1v) is 5.11. The van der Waals surface area contributed by atoms with E-state index in [1.54, 1.807) is 18.2 Å². The van der Waals surface area contributed by atoms with Gasteiger partial charge in [0.15, 0.2) is 0 Å². The molecule has 1 aromatic carbocycles. The fraction of sp³-hybridized carbons (Fsp3) is 0.417. The molecule has 0 aliphatic rings. The number of rotatable bonds is 4. The highest BCUT2D eigenvalue weighted by molar-refractivity contribution is 5.33. The summed E-state index contributed by atoms with van der Waals surface area (Å²) in [5.41, 5.74) is 7.09. The van der Waals surface area contributed by atoms with Gasteiger partial charge in [0, 0.05) is 6.04 Å². The van der Waals surface area contributed by atoms with E-state index >= 15 is 0 Å². The van der Waals surface area contributed by atoms with E-state index in [0.29, 0.717) is 12.0 Å². The number of aliphatic hydroxyl groups is 1. The molecule has 3 heteroatoms. The minimum atomic E-state index is -0.576. The summed E-state index contributed by atoms with van der Waals surface area (Å²) >= 11 is 0. The van der Waals surface area contributed by atoms with E-state index in [2.05, 4.69) is 0 Å². The average molecular weight is 204 g/mol. The van der Waals surface area contributed by atoms with E-state index in [4.69, 9.17) is 11.0 Å². The monoisotopic (exact) mass is 204 g/mol. The van der Waals surface area contributed by atoms with Crippen LogP contribution >= 0.6 is 0 Å². The smallest absolute Gasteiger partial charge is 0.0991 e. The molecule has 15 heavy (non-hydrogen) atoms. The Morgan fingerprint density at radius 3 is 2.87 bits per heavy atom. The summed E-state index contributed by atoms with van der Waals surface area (Å²) < 4.78 is 0. The van der Waals surface area contributed by atoms with Crippen LogP contribution in [0.25, 0.3) is 0 Å². The van der Waals surface area contributed by atoms with Gasteiger partial charge in [-0.3, -0.25) is 0 Å². The Bertz CT molecular complexity index is 357. The van der Waals surface area contributed by atoms with Gasteiger partial charge in [-0.05, 0) is 30.5 Å². The van der Waals surface area contributed by atoms with Crippen LogP contribution in [0.3, 0.4) is 0 Å². The third-order valence-corrected chi connectivity index (χ3v) is 2.45. The molecular formula is C12H16N2O. The second-order valence-electron chi connectivity index (χ2n) is 3.66. The van der Waals surface area contributed by atoms with E-state index in [-0.39, 0.29) is 6.04 Å². The largest absolute Gasteiger partial charge is 0.388 e. The van der Waals surface area contributed by atoms with E-state index < -0.39 is 6.10 Å². The second-order valence-corrected chi connectivity index (χ2v) is 3.66. The zero-order valence-electron chi connectivity index (χ0n) is 8.85. The Kier molecular flexibility index (Phi) is 4.29. The highest BCUT2D eigenvalue weighted by Gasteiger charge is 2.11. The summed E-state index contributed by atoms with van der Waals surface area (Å²) in [6.07, 6.45) is 0.800. The number of nitriles is 1. The van der Waals surface area contributed by atoms with E-state index in [9.17, 15) is 5.11 Å². The summed E-state index contributed by atoms with van der Waals surface area (Å²) in [7, 11) is 0. The van der Waals surface area contributed by atoms with Crippen molar-refractivity contribution in [2.45, 2.75) is 31.9 Å². The van der Waals surface area contributed by atoms with Crippen molar-refractivity contribution in [2.75, 3.05) is 0 Å². The summed E-state index contributed by atoms with van der Waals surface area (Å²) in [6, 6.07) is 9.06. The number of nitrogens with two attached hydrogens (primary N) is 1. The molecule has 0 saturated heterocycles. The molecule has 0 saturated carbocycles. The zero-order chi connectivity index (χ0) is 11.3. The lowest BCUT2D eigenvalue weighted by Gasteiger charge is -2.15. The summed E-state index contributed by atoms with van der Waals surface area (Å²) in [4.78, 5) is 0. The maximum Gasteiger partial charge on any atom is 0.0991 e. The Labute approximate surface area is 90.1 Å². The molecule has 0 aliphatic heterocycles. The van der Waals surface area contributed by atoms with Gasteiger partial charge < -0.3 is 10.8 Å². The predicted octanol–water partition coefficient (Wildman–Crippen LogP) is 1.72. The van der Waals surface area contributed by atoms with Crippen molar-refractivity contribution in [1.29, 1.82) is 5.26 Å². The standard InChI is InChI=1S/C12H16N2O/c1-2-11(14)7-12(15)10-5-3-4-9(6-10)8-13/h3-6,11-12,15H,2,7,14H2,1H3. The Morgan fingerprint density at radius 1 is 1.53 bits per heavy atom. The quantitative estimate of drug-likeness (QED) is 0.784. The lowest BCUT2D eigenvalue weighted by atomic mass is 10.00. The molecule has 0 aromatic heterocycles. The van der Waals surface area contributed by atoms with Crippen molar-refractivity contribution in [3.63, 3.8) is 0 Å². The van der Waals surface area contributed by atoms with E-state index in [1.807, 2.05) is 19.1 Å². The minimum absolute atomic E-state index is 0.00532. The maximum atomic E-state index is 9.85. The summed E-state index contributed by atoms with van der Waals surface area (Å²) in [6.45, 7) is 1.99. The van der Waals surface area contributed by atoms with E-state index in [1.165, 1.54) is 0 Å². The maximum absolute atomic E-state index is 9.85. The molecule has 1 rings (SSSR count). The van der Waals surface area contributed by atoms with Gasteiger partial charge in [0.25, 0.3) is 0 Å². The lowest BCUT2D eigenvalue weighted by Crippen LogP contribution is -2.21. The van der Waals surface area contributed by atoms with Crippen LogP contribution in [0.1, 0.15) is 37.0 Å². The van der Waals surface area contributed by atoms with Crippen molar-refractivity contribution in [3.8, 4) is 6.07 Å². The van der Waals surface area contributed by atoms with Gasteiger partial charge in [-0.1, -0.05) is 19.1 Å². The molecule has 0 fully saturated rings. The Morgan fingerprint density at radius 2 is 2.27 bits per heavy atom. The second kappa shape index (κ2) is 5.50. The van der Waals surface area contributed by atoms with Crippen LogP contribution in [0.2, 0.25) is 0 Å². The molecule has 0 amide bonds. The van der Waals surface area contributed by atoms with Crippen LogP contribution < -0.4 is 5.73 Å². The van der Waals surface area contributed by atoms with Crippen molar-refractivity contribution in [3.05, 3.63) is 35.4 Å².